The molecule has 0 aromatic carbocycles. The summed E-state index contributed by atoms with van der Waals surface area (Å²) in [6.07, 6.45) is 3.78. The lowest BCUT2D eigenvalue weighted by atomic mass is 9.98. The first-order valence-electron chi connectivity index (χ1n) is 6.50. The summed E-state index contributed by atoms with van der Waals surface area (Å²) in [5.74, 6) is 0.212. The molecule has 1 amide bonds. The van der Waals surface area contributed by atoms with Crippen molar-refractivity contribution in [1.82, 2.24) is 9.88 Å². The number of pyridine rings is 1. The number of amides is 1. The average Bonchev–Trinajstić information content (AvgIpc) is 2.83. The van der Waals surface area contributed by atoms with Gasteiger partial charge in [0.05, 0.1) is 5.92 Å². The molecule has 0 radical (unpaired) electrons. The van der Waals surface area contributed by atoms with Gasteiger partial charge < -0.3 is 9.80 Å². The molecule has 0 saturated carbocycles. The molecule has 3 heterocycles. The largest absolute Gasteiger partial charge is 0.352 e. The third-order valence-electron chi connectivity index (χ3n) is 3.74. The van der Waals surface area contributed by atoms with E-state index in [9.17, 15) is 9.18 Å². The van der Waals surface area contributed by atoms with Crippen molar-refractivity contribution in [1.29, 1.82) is 0 Å². The molecule has 4 nitrogen and oxygen atoms in total. The van der Waals surface area contributed by atoms with Crippen LogP contribution in [-0.4, -0.2) is 42.0 Å². The molecule has 0 unspecified atom stereocenters. The fourth-order valence-electron chi connectivity index (χ4n) is 2.64. The third-order valence-corrected chi connectivity index (χ3v) is 4.17. The molecule has 2 aliphatic heterocycles. The van der Waals surface area contributed by atoms with Gasteiger partial charge in [0.15, 0.2) is 11.6 Å². The molecule has 2 aliphatic rings. The molecule has 19 heavy (non-hydrogen) atoms. The highest BCUT2D eigenvalue weighted by atomic mass is 79.9. The van der Waals surface area contributed by atoms with Crippen LogP contribution in [0.1, 0.15) is 12.8 Å². The van der Waals surface area contributed by atoms with Crippen LogP contribution in [-0.2, 0) is 4.79 Å². The van der Waals surface area contributed by atoms with E-state index in [1.165, 1.54) is 6.07 Å². The molecule has 0 atom stereocenters. The summed E-state index contributed by atoms with van der Waals surface area (Å²) in [5.41, 5.74) is 0. The van der Waals surface area contributed by atoms with Gasteiger partial charge in [0.25, 0.3) is 0 Å². The second kappa shape index (κ2) is 5.07. The van der Waals surface area contributed by atoms with Gasteiger partial charge in [-0.25, -0.2) is 9.37 Å². The summed E-state index contributed by atoms with van der Waals surface area (Å²) in [6, 6.07) is 1.40. The van der Waals surface area contributed by atoms with Gasteiger partial charge in [-0.1, -0.05) is 0 Å². The Labute approximate surface area is 119 Å². The lowest BCUT2D eigenvalue weighted by Crippen LogP contribution is -2.54. The highest BCUT2D eigenvalue weighted by molar-refractivity contribution is 9.10. The van der Waals surface area contributed by atoms with Crippen molar-refractivity contribution in [2.24, 2.45) is 5.92 Å². The maximum absolute atomic E-state index is 13.7. The minimum atomic E-state index is -0.346. The smallest absolute Gasteiger partial charge is 0.229 e. The summed E-state index contributed by atoms with van der Waals surface area (Å²) in [7, 11) is 0. The van der Waals surface area contributed by atoms with Crippen molar-refractivity contribution in [3.63, 3.8) is 0 Å². The zero-order valence-electron chi connectivity index (χ0n) is 10.5. The van der Waals surface area contributed by atoms with Gasteiger partial charge in [-0.3, -0.25) is 4.79 Å². The number of likely N-dealkylation sites (tertiary alicyclic amines) is 1. The van der Waals surface area contributed by atoms with E-state index in [-0.39, 0.29) is 17.6 Å². The van der Waals surface area contributed by atoms with E-state index in [2.05, 4.69) is 20.9 Å². The van der Waals surface area contributed by atoms with Gasteiger partial charge >= 0.3 is 0 Å². The summed E-state index contributed by atoms with van der Waals surface area (Å²) in [5, 5.41) is 0. The molecule has 0 spiro atoms. The molecule has 6 heteroatoms. The molecule has 2 saturated heterocycles. The fourth-order valence-corrected chi connectivity index (χ4v) is 2.95. The molecule has 1 aromatic rings. The normalized spacial score (nSPS) is 19.7. The number of halogens is 2. The van der Waals surface area contributed by atoms with Gasteiger partial charge in [-0.05, 0) is 34.8 Å². The number of hydrogen-bond donors (Lipinski definition) is 0. The molecule has 0 bridgehead atoms. The van der Waals surface area contributed by atoms with Crippen molar-refractivity contribution in [3.8, 4) is 0 Å². The number of anilines is 1. The molecular weight excluding hydrogens is 313 g/mol. The molecule has 102 valence electrons. The van der Waals surface area contributed by atoms with Gasteiger partial charge in [-0.15, -0.1) is 0 Å². The Morgan fingerprint density at radius 2 is 2.05 bits per heavy atom. The van der Waals surface area contributed by atoms with Crippen LogP contribution in [0.4, 0.5) is 10.2 Å². The standard InChI is InChI=1S/C13H15BrFN3O/c14-10-5-11(15)12(16-6-10)18-7-9(8-18)13(19)17-3-1-2-4-17/h5-6,9H,1-4,7-8H2. The second-order valence-electron chi connectivity index (χ2n) is 5.09. The Bertz CT molecular complexity index is 499. The molecular formula is C13H15BrFN3O. The van der Waals surface area contributed by atoms with Crippen LogP contribution < -0.4 is 4.90 Å². The maximum Gasteiger partial charge on any atom is 0.229 e. The van der Waals surface area contributed by atoms with Crippen molar-refractivity contribution in [3.05, 3.63) is 22.6 Å². The number of carbonyl (C=O) groups is 1. The van der Waals surface area contributed by atoms with Crippen LogP contribution in [0.3, 0.4) is 0 Å². The van der Waals surface area contributed by atoms with E-state index in [4.69, 9.17) is 0 Å². The van der Waals surface area contributed by atoms with Gasteiger partial charge in [0, 0.05) is 36.8 Å². The lowest BCUT2D eigenvalue weighted by molar-refractivity contribution is -0.135. The number of rotatable bonds is 2. The number of hydrogen-bond acceptors (Lipinski definition) is 3. The van der Waals surface area contributed by atoms with Crippen LogP contribution in [0.15, 0.2) is 16.7 Å². The van der Waals surface area contributed by atoms with E-state index in [1.807, 2.05) is 9.80 Å². The van der Waals surface area contributed by atoms with Crippen molar-refractivity contribution in [2.45, 2.75) is 12.8 Å². The lowest BCUT2D eigenvalue weighted by Gasteiger charge is -2.40. The average molecular weight is 328 g/mol. The summed E-state index contributed by atoms with van der Waals surface area (Å²) in [6.45, 7) is 2.89. The van der Waals surface area contributed by atoms with Crippen LogP contribution in [0.5, 0.6) is 0 Å². The second-order valence-corrected chi connectivity index (χ2v) is 6.01. The molecule has 1 aromatic heterocycles. The van der Waals surface area contributed by atoms with Crippen LogP contribution >= 0.6 is 15.9 Å². The Kier molecular flexibility index (Phi) is 3.43. The molecule has 3 rings (SSSR count). The summed E-state index contributed by atoms with van der Waals surface area (Å²) in [4.78, 5) is 19.9. The highest BCUT2D eigenvalue weighted by Gasteiger charge is 2.37. The van der Waals surface area contributed by atoms with E-state index >= 15 is 0 Å². The van der Waals surface area contributed by atoms with Crippen LogP contribution in [0.25, 0.3) is 0 Å². The zero-order valence-corrected chi connectivity index (χ0v) is 12.1. The minimum Gasteiger partial charge on any atom is -0.352 e. The summed E-state index contributed by atoms with van der Waals surface area (Å²) >= 11 is 3.18. The van der Waals surface area contributed by atoms with Crippen molar-refractivity contribution >= 4 is 27.7 Å². The first-order chi connectivity index (χ1) is 9.15. The van der Waals surface area contributed by atoms with Crippen LogP contribution in [0, 0.1) is 11.7 Å². The van der Waals surface area contributed by atoms with E-state index in [0.29, 0.717) is 23.4 Å². The number of carbonyl (C=O) groups excluding carboxylic acids is 1. The third kappa shape index (κ3) is 2.45. The first-order valence-corrected chi connectivity index (χ1v) is 7.29. The minimum absolute atomic E-state index is 0.00273. The molecule has 2 fully saturated rings. The van der Waals surface area contributed by atoms with Gasteiger partial charge in [0.2, 0.25) is 5.91 Å². The van der Waals surface area contributed by atoms with Crippen LogP contribution in [0.2, 0.25) is 0 Å². The zero-order chi connectivity index (χ0) is 13.4. The van der Waals surface area contributed by atoms with E-state index in [0.717, 1.165) is 25.9 Å². The SMILES string of the molecule is O=C(C1CN(c2ncc(Br)cc2F)C1)N1CCCC1. The van der Waals surface area contributed by atoms with Gasteiger partial charge in [-0.2, -0.15) is 0 Å². The topological polar surface area (TPSA) is 36.4 Å². The predicted octanol–water partition coefficient (Wildman–Crippen LogP) is 2.04. The van der Waals surface area contributed by atoms with E-state index in [1.54, 1.807) is 6.20 Å². The van der Waals surface area contributed by atoms with Crippen molar-refractivity contribution in [2.75, 3.05) is 31.1 Å². The maximum atomic E-state index is 13.7. The Morgan fingerprint density at radius 1 is 1.37 bits per heavy atom. The number of nitrogens with zero attached hydrogens (tertiary/aromatic N) is 3. The predicted molar refractivity (Wildman–Crippen MR) is 73.4 cm³/mol. The monoisotopic (exact) mass is 327 g/mol. The highest BCUT2D eigenvalue weighted by Crippen LogP contribution is 2.28. The van der Waals surface area contributed by atoms with Gasteiger partial charge in [0.1, 0.15) is 0 Å². The Hall–Kier alpha value is -1.17. The molecule has 0 aliphatic carbocycles. The molecule has 0 N–H and O–H groups in total. The Balaban J connectivity index is 1.61. The quantitative estimate of drug-likeness (QED) is 0.834. The van der Waals surface area contributed by atoms with E-state index < -0.39 is 0 Å². The Morgan fingerprint density at radius 3 is 2.68 bits per heavy atom. The van der Waals surface area contributed by atoms with Crippen molar-refractivity contribution < 1.29 is 9.18 Å². The summed E-state index contributed by atoms with van der Waals surface area (Å²) < 4.78 is 14.3. The number of aromatic nitrogens is 1. The fraction of sp³-hybridized carbons (Fsp3) is 0.538. The first kappa shape index (κ1) is 12.8.